The van der Waals surface area contributed by atoms with Crippen LogP contribution in [0.25, 0.3) is 0 Å². The number of ether oxygens (including phenoxy) is 1. The molecule has 1 unspecified atom stereocenters. The van der Waals surface area contributed by atoms with E-state index in [1.807, 2.05) is 0 Å². The third-order valence-corrected chi connectivity index (χ3v) is 6.16. The highest BCUT2D eigenvalue weighted by molar-refractivity contribution is 5.88. The van der Waals surface area contributed by atoms with Crippen LogP contribution in [0.3, 0.4) is 0 Å². The van der Waals surface area contributed by atoms with Gasteiger partial charge in [-0.1, -0.05) is 44.2 Å². The van der Waals surface area contributed by atoms with Gasteiger partial charge >= 0.3 is 5.97 Å². The fraction of sp³-hybridized carbons (Fsp3) is 0.591. The molecule has 2 aliphatic carbocycles. The quantitative estimate of drug-likeness (QED) is 0.778. The number of amides is 1. The Morgan fingerprint density at radius 2 is 1.79 bits per heavy atom. The molecule has 1 atom stereocenters. The first-order valence-corrected chi connectivity index (χ1v) is 10.1. The number of esters is 1. The highest BCUT2D eigenvalue weighted by atomic mass is 19.1. The van der Waals surface area contributed by atoms with E-state index in [1.165, 1.54) is 19.1 Å². The zero-order valence-corrected chi connectivity index (χ0v) is 16.3. The minimum absolute atomic E-state index is 0.393. The Hall–Kier alpha value is -2.42. The van der Waals surface area contributed by atoms with E-state index < -0.39 is 34.8 Å². The maximum absolute atomic E-state index is 13.7. The first kappa shape index (κ1) is 20.3. The van der Waals surface area contributed by atoms with E-state index in [0.29, 0.717) is 31.2 Å². The van der Waals surface area contributed by atoms with Crippen molar-refractivity contribution in [3.8, 4) is 6.07 Å². The van der Waals surface area contributed by atoms with Crippen molar-refractivity contribution in [1.29, 1.82) is 5.26 Å². The second-order valence-electron chi connectivity index (χ2n) is 8.09. The second kappa shape index (κ2) is 8.30. The number of benzene rings is 1. The van der Waals surface area contributed by atoms with Crippen molar-refractivity contribution >= 4 is 11.9 Å². The van der Waals surface area contributed by atoms with Crippen LogP contribution in [-0.4, -0.2) is 23.5 Å². The number of hydrogen-bond acceptors (Lipinski definition) is 4. The maximum Gasteiger partial charge on any atom is 0.317 e. The number of nitriles is 1. The summed E-state index contributed by atoms with van der Waals surface area (Å²) in [5.41, 5.74) is -1.18. The predicted molar refractivity (Wildman–Crippen MR) is 102 cm³/mol. The smallest absolute Gasteiger partial charge is 0.317 e. The van der Waals surface area contributed by atoms with Crippen molar-refractivity contribution < 1.29 is 18.7 Å². The van der Waals surface area contributed by atoms with Crippen molar-refractivity contribution in [3.63, 3.8) is 0 Å². The molecular weight excluding hydrogens is 359 g/mol. The number of nitrogens with one attached hydrogen (secondary N) is 1. The lowest BCUT2D eigenvalue weighted by molar-refractivity contribution is -0.161. The van der Waals surface area contributed by atoms with Crippen LogP contribution < -0.4 is 5.32 Å². The molecule has 0 bridgehead atoms. The van der Waals surface area contributed by atoms with Crippen molar-refractivity contribution in [1.82, 2.24) is 5.32 Å². The average Bonchev–Trinajstić information content (AvgIpc) is 3.20. The third-order valence-electron chi connectivity index (χ3n) is 6.16. The van der Waals surface area contributed by atoms with Gasteiger partial charge in [0.25, 0.3) is 5.91 Å². The molecule has 6 heteroatoms. The molecule has 0 aromatic heterocycles. The van der Waals surface area contributed by atoms with Gasteiger partial charge < -0.3 is 10.1 Å². The van der Waals surface area contributed by atoms with Gasteiger partial charge in [-0.15, -0.1) is 0 Å². The molecule has 1 N–H and O–H groups in total. The summed E-state index contributed by atoms with van der Waals surface area (Å²) in [7, 11) is 0. The number of carbonyl (C=O) groups excluding carboxylic acids is 2. The van der Waals surface area contributed by atoms with Crippen LogP contribution in [-0.2, 0) is 19.7 Å². The van der Waals surface area contributed by atoms with Gasteiger partial charge in [0.1, 0.15) is 11.4 Å². The Labute approximate surface area is 165 Å². The Morgan fingerprint density at radius 3 is 2.39 bits per heavy atom. The van der Waals surface area contributed by atoms with Gasteiger partial charge in [0.2, 0.25) is 0 Å². The van der Waals surface area contributed by atoms with E-state index in [0.717, 1.165) is 32.1 Å². The second-order valence-corrected chi connectivity index (χ2v) is 8.09. The molecule has 2 saturated carbocycles. The lowest BCUT2D eigenvalue weighted by Gasteiger charge is -2.33. The topological polar surface area (TPSA) is 79.2 Å². The molecule has 0 aliphatic heterocycles. The third kappa shape index (κ3) is 4.04. The van der Waals surface area contributed by atoms with E-state index in [-0.39, 0.29) is 0 Å². The standard InChI is InChI=1S/C22H27FN2O3/c1-16(19(26)25-21(15-24)10-3-2-4-11-21)28-20(27)22(12-5-6-13-22)17-8-7-9-18(23)14-17/h7-9,14,16H,2-6,10-13H2,1H3,(H,25,26). The fourth-order valence-corrected chi connectivity index (χ4v) is 4.46. The van der Waals surface area contributed by atoms with Gasteiger partial charge in [-0.3, -0.25) is 9.59 Å². The number of rotatable bonds is 5. The monoisotopic (exact) mass is 386 g/mol. The first-order valence-electron chi connectivity index (χ1n) is 10.1. The summed E-state index contributed by atoms with van der Waals surface area (Å²) >= 11 is 0. The summed E-state index contributed by atoms with van der Waals surface area (Å²) in [6.45, 7) is 1.52. The Morgan fingerprint density at radius 1 is 1.14 bits per heavy atom. The molecule has 1 aromatic carbocycles. The molecule has 1 amide bonds. The lowest BCUT2D eigenvalue weighted by atomic mass is 9.79. The molecular formula is C22H27FN2O3. The molecule has 5 nitrogen and oxygen atoms in total. The summed E-state index contributed by atoms with van der Waals surface area (Å²) in [5.74, 6) is -1.34. The first-order chi connectivity index (χ1) is 13.4. The highest BCUT2D eigenvalue weighted by Gasteiger charge is 2.45. The molecule has 0 heterocycles. The summed E-state index contributed by atoms with van der Waals surface area (Å²) in [6, 6.07) is 8.30. The summed E-state index contributed by atoms with van der Waals surface area (Å²) < 4.78 is 19.3. The number of hydrogen-bond donors (Lipinski definition) is 1. The van der Waals surface area contributed by atoms with Gasteiger partial charge in [-0.25, -0.2) is 4.39 Å². The molecule has 2 fully saturated rings. The van der Waals surface area contributed by atoms with E-state index in [4.69, 9.17) is 4.74 Å². The van der Waals surface area contributed by atoms with Crippen LogP contribution in [0, 0.1) is 17.1 Å². The van der Waals surface area contributed by atoms with Crippen LogP contribution in [0.4, 0.5) is 4.39 Å². The summed E-state index contributed by atoms with van der Waals surface area (Å²) in [5, 5.41) is 12.3. The normalized spacial score (nSPS) is 21.3. The number of halogens is 1. The zero-order chi connectivity index (χ0) is 20.2. The van der Waals surface area contributed by atoms with Crippen molar-refractivity contribution in [3.05, 3.63) is 35.6 Å². The molecule has 0 saturated heterocycles. The lowest BCUT2D eigenvalue weighted by Crippen LogP contribution is -2.52. The Kier molecular flexibility index (Phi) is 6.02. The van der Waals surface area contributed by atoms with Crippen molar-refractivity contribution in [2.24, 2.45) is 0 Å². The predicted octanol–water partition coefficient (Wildman–Crippen LogP) is 3.91. The van der Waals surface area contributed by atoms with E-state index in [2.05, 4.69) is 11.4 Å². The van der Waals surface area contributed by atoms with Crippen LogP contribution in [0.5, 0.6) is 0 Å². The van der Waals surface area contributed by atoms with Crippen molar-refractivity contribution in [2.45, 2.75) is 81.8 Å². The molecule has 1 aromatic rings. The minimum atomic E-state index is -1.01. The Balaban J connectivity index is 1.71. The van der Waals surface area contributed by atoms with E-state index >= 15 is 0 Å². The number of carbonyl (C=O) groups is 2. The SMILES string of the molecule is CC(OC(=O)C1(c2cccc(F)c2)CCCC1)C(=O)NC1(C#N)CCCCC1. The number of nitrogens with zero attached hydrogens (tertiary/aromatic N) is 1. The van der Waals surface area contributed by atoms with E-state index in [9.17, 15) is 19.2 Å². The minimum Gasteiger partial charge on any atom is -0.452 e. The summed E-state index contributed by atoms with van der Waals surface area (Å²) in [4.78, 5) is 25.7. The van der Waals surface area contributed by atoms with Crippen LogP contribution in [0.2, 0.25) is 0 Å². The van der Waals surface area contributed by atoms with E-state index in [1.54, 1.807) is 12.1 Å². The van der Waals surface area contributed by atoms with Crippen molar-refractivity contribution in [2.75, 3.05) is 0 Å². The van der Waals surface area contributed by atoms with Gasteiger partial charge in [-0.05, 0) is 50.3 Å². The maximum atomic E-state index is 13.7. The highest BCUT2D eigenvalue weighted by Crippen LogP contribution is 2.42. The summed E-state index contributed by atoms with van der Waals surface area (Å²) in [6.07, 6.45) is 5.91. The largest absolute Gasteiger partial charge is 0.452 e. The van der Waals surface area contributed by atoms with Crippen LogP contribution in [0.15, 0.2) is 24.3 Å². The average molecular weight is 386 g/mol. The molecule has 150 valence electrons. The molecule has 28 heavy (non-hydrogen) atoms. The zero-order valence-electron chi connectivity index (χ0n) is 16.3. The van der Waals surface area contributed by atoms with Gasteiger partial charge in [0.05, 0.1) is 11.5 Å². The molecule has 2 aliphatic rings. The molecule has 3 rings (SSSR count). The van der Waals surface area contributed by atoms with Crippen LogP contribution in [0.1, 0.15) is 70.3 Å². The van der Waals surface area contributed by atoms with Gasteiger partial charge in [0, 0.05) is 0 Å². The van der Waals surface area contributed by atoms with Gasteiger partial charge in [-0.2, -0.15) is 5.26 Å². The molecule has 0 spiro atoms. The van der Waals surface area contributed by atoms with Crippen LogP contribution >= 0.6 is 0 Å². The van der Waals surface area contributed by atoms with Gasteiger partial charge in [0.15, 0.2) is 6.10 Å². The fourth-order valence-electron chi connectivity index (χ4n) is 4.46. The molecule has 0 radical (unpaired) electrons. The Bertz CT molecular complexity index is 774.